The summed E-state index contributed by atoms with van der Waals surface area (Å²) >= 11 is 0. The Bertz CT molecular complexity index is 1040. The normalized spacial score (nSPS) is 12.0. The Hall–Kier alpha value is -3.67. The van der Waals surface area contributed by atoms with Crippen molar-refractivity contribution in [3.63, 3.8) is 0 Å². The minimum Gasteiger partial charge on any atom is -0.451 e. The zero-order valence-electron chi connectivity index (χ0n) is 14.4. The third-order valence-corrected chi connectivity index (χ3v) is 4.28. The van der Waals surface area contributed by atoms with E-state index in [1.807, 2.05) is 24.3 Å². The van der Waals surface area contributed by atoms with E-state index in [2.05, 4.69) is 10.3 Å². The molecule has 4 rings (SSSR count). The van der Waals surface area contributed by atoms with Crippen LogP contribution in [0.2, 0.25) is 0 Å². The number of aromatic nitrogens is 2. The molecule has 0 bridgehead atoms. The third-order valence-electron chi connectivity index (χ3n) is 4.28. The van der Waals surface area contributed by atoms with Gasteiger partial charge >= 0.3 is 0 Å². The maximum atomic E-state index is 12.9. The van der Waals surface area contributed by atoms with Crippen LogP contribution in [0.5, 0.6) is 0 Å². The van der Waals surface area contributed by atoms with Crippen LogP contribution < -0.4 is 5.32 Å². The smallest absolute Gasteiger partial charge is 0.287 e. The van der Waals surface area contributed by atoms with Crippen LogP contribution in [0.1, 0.15) is 20.9 Å². The first-order valence-electron chi connectivity index (χ1n) is 8.55. The number of ketones is 1. The fraction of sp³-hybridized carbons (Fsp3) is 0.0952. The number of furan rings is 1. The first-order valence-corrected chi connectivity index (χ1v) is 8.55. The van der Waals surface area contributed by atoms with Crippen LogP contribution in [0.25, 0.3) is 11.0 Å². The van der Waals surface area contributed by atoms with Gasteiger partial charge in [0.2, 0.25) is 0 Å². The van der Waals surface area contributed by atoms with E-state index in [9.17, 15) is 9.59 Å². The van der Waals surface area contributed by atoms with Gasteiger partial charge in [0.05, 0.1) is 12.9 Å². The van der Waals surface area contributed by atoms with Crippen LogP contribution in [-0.4, -0.2) is 27.3 Å². The second-order valence-electron chi connectivity index (χ2n) is 6.16. The highest BCUT2D eigenvalue weighted by molar-refractivity contribution is 6.04. The number of hydrogen-bond acceptors (Lipinski definition) is 4. The molecule has 6 heteroatoms. The number of benzene rings is 2. The van der Waals surface area contributed by atoms with Crippen molar-refractivity contribution in [1.82, 2.24) is 14.9 Å². The number of para-hydroxylation sites is 1. The van der Waals surface area contributed by atoms with Gasteiger partial charge in [0.25, 0.3) is 5.91 Å². The SMILES string of the molecule is O=C(NC(Cn1ccnc1)C(=O)c1ccccc1)c1cc2ccccc2o1. The first kappa shape index (κ1) is 16.8. The van der Waals surface area contributed by atoms with Gasteiger partial charge in [-0.1, -0.05) is 48.5 Å². The predicted octanol–water partition coefficient (Wildman–Crippen LogP) is 3.31. The van der Waals surface area contributed by atoms with E-state index in [1.165, 1.54) is 0 Å². The topological polar surface area (TPSA) is 77.1 Å². The van der Waals surface area contributed by atoms with Crippen LogP contribution in [-0.2, 0) is 6.54 Å². The largest absolute Gasteiger partial charge is 0.451 e. The van der Waals surface area contributed by atoms with E-state index >= 15 is 0 Å². The second-order valence-corrected chi connectivity index (χ2v) is 6.16. The summed E-state index contributed by atoms with van der Waals surface area (Å²) in [6.07, 6.45) is 4.99. The first-order chi connectivity index (χ1) is 13.2. The maximum absolute atomic E-state index is 12.9. The lowest BCUT2D eigenvalue weighted by atomic mass is 10.0. The Balaban J connectivity index is 1.59. The summed E-state index contributed by atoms with van der Waals surface area (Å²) in [6, 6.07) is 17.2. The second kappa shape index (κ2) is 7.29. The van der Waals surface area contributed by atoms with Gasteiger partial charge in [-0.2, -0.15) is 0 Å². The molecule has 134 valence electrons. The molecule has 0 aliphatic carbocycles. The third kappa shape index (κ3) is 3.64. The average Bonchev–Trinajstić information content (AvgIpc) is 3.37. The minimum atomic E-state index is -0.748. The molecule has 0 saturated heterocycles. The van der Waals surface area contributed by atoms with Crippen molar-refractivity contribution in [2.45, 2.75) is 12.6 Å². The van der Waals surface area contributed by atoms with Gasteiger partial charge in [-0.15, -0.1) is 0 Å². The Morgan fingerprint density at radius 1 is 1.07 bits per heavy atom. The predicted molar refractivity (Wildman–Crippen MR) is 100 cm³/mol. The number of imidazole rings is 1. The highest BCUT2D eigenvalue weighted by Gasteiger charge is 2.24. The Kier molecular flexibility index (Phi) is 4.53. The molecule has 2 heterocycles. The van der Waals surface area contributed by atoms with E-state index in [-0.39, 0.29) is 18.1 Å². The van der Waals surface area contributed by atoms with E-state index in [1.54, 1.807) is 59.7 Å². The average molecular weight is 359 g/mol. The number of rotatable bonds is 6. The Morgan fingerprint density at radius 2 is 1.85 bits per heavy atom. The van der Waals surface area contributed by atoms with E-state index in [4.69, 9.17) is 4.42 Å². The van der Waals surface area contributed by atoms with Crippen molar-refractivity contribution in [3.05, 3.63) is 90.7 Å². The summed E-state index contributed by atoms with van der Waals surface area (Å²) < 4.78 is 7.36. The molecule has 1 N–H and O–H groups in total. The summed E-state index contributed by atoms with van der Waals surface area (Å²) in [5.74, 6) is -0.429. The molecule has 0 aliphatic rings. The van der Waals surface area contributed by atoms with Crippen LogP contribution in [0.4, 0.5) is 0 Å². The minimum absolute atomic E-state index is 0.172. The summed E-state index contributed by atoms with van der Waals surface area (Å²) in [6.45, 7) is 0.277. The molecule has 27 heavy (non-hydrogen) atoms. The van der Waals surface area contributed by atoms with Crippen molar-refractivity contribution >= 4 is 22.7 Å². The number of carbonyl (C=O) groups excluding carboxylic acids is 2. The lowest BCUT2D eigenvalue weighted by Crippen LogP contribution is -2.43. The molecular weight excluding hydrogens is 342 g/mol. The number of fused-ring (bicyclic) bond motifs is 1. The van der Waals surface area contributed by atoms with Crippen molar-refractivity contribution < 1.29 is 14.0 Å². The van der Waals surface area contributed by atoms with Crippen LogP contribution >= 0.6 is 0 Å². The molecule has 2 aromatic carbocycles. The lowest BCUT2D eigenvalue weighted by molar-refractivity contribution is 0.0833. The van der Waals surface area contributed by atoms with Gasteiger partial charge in [-0.25, -0.2) is 4.98 Å². The molecule has 6 nitrogen and oxygen atoms in total. The summed E-state index contributed by atoms with van der Waals surface area (Å²) in [4.78, 5) is 29.6. The quantitative estimate of drug-likeness (QED) is 0.536. The van der Waals surface area contributed by atoms with E-state index in [0.29, 0.717) is 11.1 Å². The van der Waals surface area contributed by atoms with Crippen LogP contribution in [0, 0.1) is 0 Å². The fourth-order valence-electron chi connectivity index (χ4n) is 2.93. The van der Waals surface area contributed by atoms with Gasteiger partial charge < -0.3 is 14.3 Å². The lowest BCUT2D eigenvalue weighted by Gasteiger charge is -2.17. The molecule has 0 saturated carbocycles. The number of nitrogens with one attached hydrogen (secondary N) is 1. The molecule has 4 aromatic rings. The van der Waals surface area contributed by atoms with Crippen molar-refractivity contribution in [2.24, 2.45) is 0 Å². The van der Waals surface area contributed by atoms with Crippen molar-refractivity contribution in [3.8, 4) is 0 Å². The number of carbonyl (C=O) groups is 2. The zero-order chi connectivity index (χ0) is 18.6. The molecule has 1 atom stereocenters. The van der Waals surface area contributed by atoms with Gasteiger partial charge in [-0.05, 0) is 12.1 Å². The van der Waals surface area contributed by atoms with Gasteiger partial charge in [0.15, 0.2) is 11.5 Å². The molecule has 0 fully saturated rings. The highest BCUT2D eigenvalue weighted by atomic mass is 16.3. The van der Waals surface area contributed by atoms with Gasteiger partial charge in [0, 0.05) is 23.3 Å². The zero-order valence-corrected chi connectivity index (χ0v) is 14.4. The number of nitrogens with zero attached hydrogens (tertiary/aromatic N) is 2. The molecule has 1 amide bonds. The molecule has 0 aliphatic heterocycles. The summed E-state index contributed by atoms with van der Waals surface area (Å²) in [5, 5.41) is 3.64. The van der Waals surface area contributed by atoms with Crippen molar-refractivity contribution in [1.29, 1.82) is 0 Å². The van der Waals surface area contributed by atoms with E-state index < -0.39 is 11.9 Å². The van der Waals surface area contributed by atoms with E-state index in [0.717, 1.165) is 5.39 Å². The Morgan fingerprint density at radius 3 is 2.59 bits per heavy atom. The molecule has 0 radical (unpaired) electrons. The Labute approximate surface area is 155 Å². The monoisotopic (exact) mass is 359 g/mol. The standard InChI is InChI=1S/C21H17N3O3/c25-20(15-6-2-1-3-7-15)17(13-24-11-10-22-14-24)23-21(26)19-12-16-8-4-5-9-18(16)27-19/h1-12,14,17H,13H2,(H,23,26). The molecule has 0 spiro atoms. The fourth-order valence-corrected chi connectivity index (χ4v) is 2.93. The van der Waals surface area contributed by atoms with Crippen molar-refractivity contribution in [2.75, 3.05) is 0 Å². The van der Waals surface area contributed by atoms with Crippen LogP contribution in [0.15, 0.2) is 83.8 Å². The number of Topliss-reactive ketones (excluding diaryl/α,β-unsaturated/α-hetero) is 1. The summed E-state index contributed by atoms with van der Waals surface area (Å²) in [7, 11) is 0. The number of amides is 1. The maximum Gasteiger partial charge on any atom is 0.287 e. The summed E-state index contributed by atoms with van der Waals surface area (Å²) in [5.41, 5.74) is 1.16. The number of hydrogen-bond donors (Lipinski definition) is 1. The van der Waals surface area contributed by atoms with Gasteiger partial charge in [-0.3, -0.25) is 9.59 Å². The van der Waals surface area contributed by atoms with Gasteiger partial charge in [0.1, 0.15) is 11.6 Å². The molecular formula is C21H17N3O3. The molecule has 2 aromatic heterocycles. The molecule has 1 unspecified atom stereocenters. The van der Waals surface area contributed by atoms with Crippen LogP contribution in [0.3, 0.4) is 0 Å². The highest BCUT2D eigenvalue weighted by Crippen LogP contribution is 2.19.